The summed E-state index contributed by atoms with van der Waals surface area (Å²) in [4.78, 5) is 11.1. The summed E-state index contributed by atoms with van der Waals surface area (Å²) in [6, 6.07) is 1.53. The van der Waals surface area contributed by atoms with Crippen molar-refractivity contribution in [3.8, 4) is 5.88 Å². The number of aryl methyl sites for hydroxylation is 1. The van der Waals surface area contributed by atoms with Crippen molar-refractivity contribution in [1.29, 1.82) is 0 Å². The van der Waals surface area contributed by atoms with Crippen molar-refractivity contribution >= 4 is 5.91 Å². The minimum absolute atomic E-state index is 0.178. The zero-order valence-corrected chi connectivity index (χ0v) is 12.4. The number of rotatable bonds is 5. The van der Waals surface area contributed by atoms with Crippen molar-refractivity contribution in [1.82, 2.24) is 15.5 Å². The number of nitrogens with one attached hydrogen (secondary N) is 1. The van der Waals surface area contributed by atoms with E-state index in [9.17, 15) is 9.18 Å². The van der Waals surface area contributed by atoms with E-state index >= 15 is 0 Å². The summed E-state index contributed by atoms with van der Waals surface area (Å²) in [6.07, 6.45) is -0.714. The van der Waals surface area contributed by atoms with Crippen LogP contribution in [0.4, 0.5) is 4.39 Å². The molecular formula is C14H20FN3O3. The Bertz CT molecular complexity index is 512. The average molecular weight is 297 g/mol. The molecule has 1 N–H and O–H groups in total. The Morgan fingerprint density at radius 1 is 1.48 bits per heavy atom. The summed E-state index contributed by atoms with van der Waals surface area (Å²) < 4.78 is 24.2. The Hall–Kier alpha value is -1.76. The van der Waals surface area contributed by atoms with E-state index in [0.29, 0.717) is 11.6 Å². The van der Waals surface area contributed by atoms with Crippen LogP contribution < -0.4 is 10.1 Å². The zero-order valence-electron chi connectivity index (χ0n) is 12.4. The fraction of sp³-hybridized carbons (Fsp3) is 0.643. The van der Waals surface area contributed by atoms with E-state index in [0.717, 1.165) is 5.56 Å². The van der Waals surface area contributed by atoms with Gasteiger partial charge in [0, 0.05) is 25.3 Å². The summed E-state index contributed by atoms with van der Waals surface area (Å²) in [5, 5.41) is 10.7. The number of carbonyl (C=O) groups excluding carboxylic acids is 1. The van der Waals surface area contributed by atoms with Crippen molar-refractivity contribution in [2.24, 2.45) is 0 Å². The molecule has 1 heterocycles. The van der Waals surface area contributed by atoms with Crippen LogP contribution >= 0.6 is 0 Å². The van der Waals surface area contributed by atoms with E-state index in [4.69, 9.17) is 9.47 Å². The van der Waals surface area contributed by atoms with E-state index in [1.165, 1.54) is 14.0 Å². The fourth-order valence-electron chi connectivity index (χ4n) is 2.53. The maximum Gasteiger partial charge on any atom is 0.236 e. The highest BCUT2D eigenvalue weighted by molar-refractivity contribution is 5.73. The maximum absolute atomic E-state index is 13.5. The minimum atomic E-state index is -0.949. The first kappa shape index (κ1) is 15.6. The number of methoxy groups -OCH3 is 1. The monoisotopic (exact) mass is 297 g/mol. The van der Waals surface area contributed by atoms with Crippen LogP contribution in [0.15, 0.2) is 6.07 Å². The Labute approximate surface area is 123 Å². The van der Waals surface area contributed by atoms with E-state index in [1.54, 1.807) is 0 Å². The second-order valence-corrected chi connectivity index (χ2v) is 5.25. The predicted molar refractivity (Wildman–Crippen MR) is 73.6 cm³/mol. The Kier molecular flexibility index (Phi) is 5.06. The molecular weight excluding hydrogens is 277 g/mol. The van der Waals surface area contributed by atoms with Crippen molar-refractivity contribution in [2.75, 3.05) is 7.11 Å². The Morgan fingerprint density at radius 3 is 2.86 bits per heavy atom. The van der Waals surface area contributed by atoms with Gasteiger partial charge in [0.05, 0.1) is 31.6 Å². The molecule has 0 saturated heterocycles. The molecule has 0 aliphatic heterocycles. The van der Waals surface area contributed by atoms with Crippen LogP contribution in [0, 0.1) is 6.92 Å². The molecule has 0 bridgehead atoms. The quantitative estimate of drug-likeness (QED) is 0.887. The SMILES string of the molecule is COc1nnc(CO[C@@H]2C[C@H](F)C[C@H]2NC(C)=O)cc1C. The number of carbonyl (C=O) groups is 1. The van der Waals surface area contributed by atoms with E-state index in [1.807, 2.05) is 13.0 Å². The highest BCUT2D eigenvalue weighted by Crippen LogP contribution is 2.26. The molecule has 0 spiro atoms. The van der Waals surface area contributed by atoms with Gasteiger partial charge < -0.3 is 14.8 Å². The van der Waals surface area contributed by atoms with Crippen molar-refractivity contribution < 1.29 is 18.7 Å². The summed E-state index contributed by atoms with van der Waals surface area (Å²) in [7, 11) is 1.53. The first-order valence-electron chi connectivity index (χ1n) is 6.89. The molecule has 3 atom stereocenters. The van der Waals surface area contributed by atoms with Crippen LogP contribution in [0.3, 0.4) is 0 Å². The van der Waals surface area contributed by atoms with Crippen LogP contribution in [-0.2, 0) is 16.1 Å². The summed E-state index contributed by atoms with van der Waals surface area (Å²) in [6.45, 7) is 3.51. The van der Waals surface area contributed by atoms with Crippen LogP contribution in [0.1, 0.15) is 31.0 Å². The molecule has 1 aliphatic carbocycles. The van der Waals surface area contributed by atoms with Gasteiger partial charge in [0.15, 0.2) is 0 Å². The third-order valence-corrected chi connectivity index (χ3v) is 3.46. The van der Waals surface area contributed by atoms with Crippen LogP contribution in [0.5, 0.6) is 5.88 Å². The van der Waals surface area contributed by atoms with Crippen LogP contribution in [0.2, 0.25) is 0 Å². The third-order valence-electron chi connectivity index (χ3n) is 3.46. The van der Waals surface area contributed by atoms with Gasteiger partial charge in [-0.3, -0.25) is 4.79 Å². The Morgan fingerprint density at radius 2 is 2.24 bits per heavy atom. The third kappa shape index (κ3) is 4.10. The number of hydrogen-bond donors (Lipinski definition) is 1. The van der Waals surface area contributed by atoms with Gasteiger partial charge in [-0.2, -0.15) is 0 Å². The molecule has 0 aromatic carbocycles. The molecule has 1 fully saturated rings. The number of halogens is 1. The van der Waals surface area contributed by atoms with Crippen molar-refractivity contribution in [2.45, 2.75) is 51.6 Å². The number of ether oxygens (including phenoxy) is 2. The lowest BCUT2D eigenvalue weighted by Gasteiger charge is -2.20. The smallest absolute Gasteiger partial charge is 0.236 e. The largest absolute Gasteiger partial charge is 0.480 e. The molecule has 0 radical (unpaired) electrons. The molecule has 1 aliphatic rings. The van der Waals surface area contributed by atoms with E-state index in [-0.39, 0.29) is 37.5 Å². The Balaban J connectivity index is 1.95. The van der Waals surface area contributed by atoms with E-state index in [2.05, 4.69) is 15.5 Å². The zero-order chi connectivity index (χ0) is 15.4. The first-order chi connectivity index (χ1) is 9.99. The van der Waals surface area contributed by atoms with Gasteiger partial charge in [-0.1, -0.05) is 0 Å². The molecule has 116 valence electrons. The van der Waals surface area contributed by atoms with Gasteiger partial charge in [0.2, 0.25) is 11.8 Å². The molecule has 21 heavy (non-hydrogen) atoms. The minimum Gasteiger partial charge on any atom is -0.480 e. The lowest BCUT2D eigenvalue weighted by molar-refractivity contribution is -0.120. The topological polar surface area (TPSA) is 73.3 Å². The van der Waals surface area contributed by atoms with Gasteiger partial charge in [0.25, 0.3) is 0 Å². The highest BCUT2D eigenvalue weighted by atomic mass is 19.1. The maximum atomic E-state index is 13.5. The number of nitrogens with zero attached hydrogens (tertiary/aromatic N) is 2. The molecule has 7 heteroatoms. The molecule has 1 amide bonds. The van der Waals surface area contributed by atoms with Crippen LogP contribution in [0.25, 0.3) is 0 Å². The molecule has 6 nitrogen and oxygen atoms in total. The lowest BCUT2D eigenvalue weighted by Crippen LogP contribution is -2.39. The standard InChI is InChI=1S/C14H20FN3O3/c1-8-4-11(17-18-14(8)20-3)7-21-13-6-10(15)5-12(13)16-9(2)19/h4,10,12-13H,5-7H2,1-3H3,(H,16,19)/t10-,12-,13-/m1/s1. The summed E-state index contributed by atoms with van der Waals surface area (Å²) in [5.41, 5.74) is 1.51. The lowest BCUT2D eigenvalue weighted by atomic mass is 10.2. The van der Waals surface area contributed by atoms with Crippen LogP contribution in [-0.4, -0.2) is 41.5 Å². The number of hydrogen-bond acceptors (Lipinski definition) is 5. The van der Waals surface area contributed by atoms with Gasteiger partial charge in [-0.05, 0) is 13.0 Å². The summed E-state index contributed by atoms with van der Waals surface area (Å²) >= 11 is 0. The average Bonchev–Trinajstić information content (AvgIpc) is 2.75. The van der Waals surface area contributed by atoms with Crippen molar-refractivity contribution in [3.63, 3.8) is 0 Å². The number of amides is 1. The molecule has 1 aromatic rings. The van der Waals surface area contributed by atoms with E-state index < -0.39 is 6.17 Å². The predicted octanol–water partition coefficient (Wildman–Crippen LogP) is 1.32. The second-order valence-electron chi connectivity index (χ2n) is 5.25. The van der Waals surface area contributed by atoms with Gasteiger partial charge >= 0.3 is 0 Å². The number of aromatic nitrogens is 2. The van der Waals surface area contributed by atoms with Gasteiger partial charge in [-0.25, -0.2) is 4.39 Å². The molecule has 0 unspecified atom stereocenters. The summed E-state index contributed by atoms with van der Waals surface area (Å²) in [5.74, 6) is 0.294. The van der Waals surface area contributed by atoms with Crippen molar-refractivity contribution in [3.05, 3.63) is 17.3 Å². The van der Waals surface area contributed by atoms with Gasteiger partial charge in [-0.15, -0.1) is 10.2 Å². The normalized spacial score (nSPS) is 24.9. The first-order valence-corrected chi connectivity index (χ1v) is 6.89. The molecule has 1 aromatic heterocycles. The fourth-order valence-corrected chi connectivity index (χ4v) is 2.53. The molecule has 1 saturated carbocycles. The second kappa shape index (κ2) is 6.80. The highest BCUT2D eigenvalue weighted by Gasteiger charge is 2.35. The number of alkyl halides is 1. The molecule has 2 rings (SSSR count). The van der Waals surface area contributed by atoms with Gasteiger partial charge in [0.1, 0.15) is 6.17 Å².